The Morgan fingerprint density at radius 1 is 1.28 bits per heavy atom. The minimum atomic E-state index is -0.334. The molecule has 0 heterocycles. The van der Waals surface area contributed by atoms with E-state index in [-0.39, 0.29) is 37.1 Å². The molecule has 0 aliphatic rings. The van der Waals surface area contributed by atoms with Gasteiger partial charge in [-0.05, 0) is 24.6 Å². The topological polar surface area (TPSA) is 55.4 Å². The lowest BCUT2D eigenvalue weighted by molar-refractivity contribution is -0.143. The number of ether oxygens (including phenoxy) is 1. The molecule has 1 amide bonds. The predicted octanol–water partition coefficient (Wildman–Crippen LogP) is 1.44. The van der Waals surface area contributed by atoms with Crippen molar-refractivity contribution in [3.05, 3.63) is 35.6 Å². The molecule has 0 bridgehead atoms. The number of esters is 1. The van der Waals surface area contributed by atoms with Gasteiger partial charge in [0.2, 0.25) is 5.91 Å². The van der Waals surface area contributed by atoms with Crippen LogP contribution in [0.4, 0.5) is 4.39 Å². The van der Waals surface area contributed by atoms with Crippen LogP contribution in [-0.2, 0) is 20.7 Å². The molecule has 0 spiro atoms. The monoisotopic (exact) mass is 253 g/mol. The molecule has 0 unspecified atom stereocenters. The molecule has 1 aromatic carbocycles. The Labute approximate surface area is 105 Å². The quantitative estimate of drug-likeness (QED) is 0.780. The van der Waals surface area contributed by atoms with E-state index in [1.54, 1.807) is 19.1 Å². The van der Waals surface area contributed by atoms with Gasteiger partial charge in [0, 0.05) is 6.54 Å². The maximum Gasteiger partial charge on any atom is 0.307 e. The summed E-state index contributed by atoms with van der Waals surface area (Å²) in [5.41, 5.74) is 0.727. The van der Waals surface area contributed by atoms with Crippen LogP contribution in [0, 0.1) is 5.82 Å². The Morgan fingerprint density at radius 2 is 1.94 bits per heavy atom. The summed E-state index contributed by atoms with van der Waals surface area (Å²) in [6.07, 6.45) is 0.325. The van der Waals surface area contributed by atoms with Crippen molar-refractivity contribution < 1.29 is 18.7 Å². The zero-order chi connectivity index (χ0) is 13.4. The van der Waals surface area contributed by atoms with E-state index in [2.05, 4.69) is 5.32 Å². The molecule has 4 nitrogen and oxygen atoms in total. The third-order valence-electron chi connectivity index (χ3n) is 2.23. The van der Waals surface area contributed by atoms with Crippen LogP contribution >= 0.6 is 0 Å². The van der Waals surface area contributed by atoms with E-state index in [0.29, 0.717) is 6.61 Å². The zero-order valence-electron chi connectivity index (χ0n) is 10.2. The van der Waals surface area contributed by atoms with Crippen molar-refractivity contribution in [3.63, 3.8) is 0 Å². The van der Waals surface area contributed by atoms with Crippen molar-refractivity contribution in [2.24, 2.45) is 0 Å². The van der Waals surface area contributed by atoms with Gasteiger partial charge in [-0.15, -0.1) is 0 Å². The number of hydrogen-bond acceptors (Lipinski definition) is 3. The molecule has 1 rings (SSSR count). The van der Waals surface area contributed by atoms with Crippen molar-refractivity contribution >= 4 is 11.9 Å². The van der Waals surface area contributed by atoms with E-state index in [4.69, 9.17) is 4.74 Å². The highest BCUT2D eigenvalue weighted by Crippen LogP contribution is 2.03. The minimum absolute atomic E-state index is 0.156. The first-order valence-corrected chi connectivity index (χ1v) is 5.78. The Bertz CT molecular complexity index is 403. The van der Waals surface area contributed by atoms with Gasteiger partial charge in [-0.25, -0.2) is 4.39 Å². The summed E-state index contributed by atoms with van der Waals surface area (Å²) in [4.78, 5) is 22.5. The highest BCUT2D eigenvalue weighted by molar-refractivity contribution is 5.79. The SMILES string of the molecule is CCOC(=O)CCNC(=O)Cc1ccc(F)cc1. The van der Waals surface area contributed by atoms with Crippen molar-refractivity contribution in [1.82, 2.24) is 5.32 Å². The van der Waals surface area contributed by atoms with Crippen LogP contribution in [0.25, 0.3) is 0 Å². The van der Waals surface area contributed by atoms with Crippen molar-refractivity contribution in [1.29, 1.82) is 0 Å². The lowest BCUT2D eigenvalue weighted by atomic mass is 10.1. The molecule has 5 heteroatoms. The number of rotatable bonds is 6. The number of carbonyl (C=O) groups excluding carboxylic acids is 2. The molecule has 0 aliphatic carbocycles. The molecule has 0 saturated carbocycles. The highest BCUT2D eigenvalue weighted by atomic mass is 19.1. The fraction of sp³-hybridized carbons (Fsp3) is 0.385. The van der Waals surface area contributed by atoms with Gasteiger partial charge in [-0.2, -0.15) is 0 Å². The van der Waals surface area contributed by atoms with Gasteiger partial charge in [-0.3, -0.25) is 9.59 Å². The fourth-order valence-electron chi connectivity index (χ4n) is 1.39. The second-order valence-corrected chi connectivity index (χ2v) is 3.71. The standard InChI is InChI=1S/C13H16FNO3/c1-2-18-13(17)7-8-15-12(16)9-10-3-5-11(14)6-4-10/h3-6H,2,7-9H2,1H3,(H,15,16). The molecule has 0 radical (unpaired) electrons. The summed E-state index contributed by atoms with van der Waals surface area (Å²) >= 11 is 0. The highest BCUT2D eigenvalue weighted by Gasteiger charge is 2.05. The summed E-state index contributed by atoms with van der Waals surface area (Å²) in [7, 11) is 0. The van der Waals surface area contributed by atoms with Crippen molar-refractivity contribution in [3.8, 4) is 0 Å². The summed E-state index contributed by atoms with van der Waals surface area (Å²) in [5.74, 6) is -0.869. The molecular formula is C13H16FNO3. The second kappa shape index (κ2) is 7.42. The first-order valence-electron chi connectivity index (χ1n) is 5.78. The molecule has 0 aliphatic heterocycles. The van der Waals surface area contributed by atoms with Crippen LogP contribution in [0.1, 0.15) is 18.9 Å². The number of nitrogens with one attached hydrogen (secondary N) is 1. The Hall–Kier alpha value is -1.91. The van der Waals surface area contributed by atoms with Gasteiger partial charge in [0.05, 0.1) is 19.4 Å². The van der Waals surface area contributed by atoms with Gasteiger partial charge < -0.3 is 10.1 Å². The summed E-state index contributed by atoms with van der Waals surface area (Å²) in [5, 5.41) is 2.60. The van der Waals surface area contributed by atoms with Crippen LogP contribution < -0.4 is 5.32 Å². The number of carbonyl (C=O) groups is 2. The van der Waals surface area contributed by atoms with Gasteiger partial charge in [0.15, 0.2) is 0 Å². The van der Waals surface area contributed by atoms with Crippen LogP contribution in [0.3, 0.4) is 0 Å². The average Bonchev–Trinajstić information content (AvgIpc) is 2.32. The maximum absolute atomic E-state index is 12.6. The third kappa shape index (κ3) is 5.43. The zero-order valence-corrected chi connectivity index (χ0v) is 10.2. The molecule has 0 saturated heterocycles. The molecule has 0 atom stereocenters. The second-order valence-electron chi connectivity index (χ2n) is 3.71. The number of hydrogen-bond donors (Lipinski definition) is 1. The lowest BCUT2D eigenvalue weighted by Crippen LogP contribution is -2.27. The molecular weight excluding hydrogens is 237 g/mol. The summed E-state index contributed by atoms with van der Waals surface area (Å²) in [6, 6.07) is 5.73. The largest absolute Gasteiger partial charge is 0.466 e. The first-order chi connectivity index (χ1) is 8.61. The van der Waals surface area contributed by atoms with Crippen LogP contribution in [-0.4, -0.2) is 25.0 Å². The average molecular weight is 253 g/mol. The van der Waals surface area contributed by atoms with Gasteiger partial charge in [-0.1, -0.05) is 12.1 Å². The number of benzene rings is 1. The minimum Gasteiger partial charge on any atom is -0.466 e. The predicted molar refractivity (Wildman–Crippen MR) is 64.4 cm³/mol. The number of halogens is 1. The van der Waals surface area contributed by atoms with Crippen LogP contribution in [0.15, 0.2) is 24.3 Å². The van der Waals surface area contributed by atoms with Gasteiger partial charge >= 0.3 is 5.97 Å². The lowest BCUT2D eigenvalue weighted by Gasteiger charge is -2.05. The Morgan fingerprint density at radius 3 is 2.56 bits per heavy atom. The van der Waals surface area contributed by atoms with E-state index in [9.17, 15) is 14.0 Å². The fourth-order valence-corrected chi connectivity index (χ4v) is 1.39. The number of amides is 1. The van der Waals surface area contributed by atoms with E-state index in [1.165, 1.54) is 12.1 Å². The van der Waals surface area contributed by atoms with E-state index in [0.717, 1.165) is 5.56 Å². The van der Waals surface area contributed by atoms with E-state index < -0.39 is 0 Å². The Balaban J connectivity index is 2.25. The van der Waals surface area contributed by atoms with Gasteiger partial charge in [0.1, 0.15) is 5.82 Å². The van der Waals surface area contributed by atoms with Crippen LogP contribution in [0.5, 0.6) is 0 Å². The normalized spacial score (nSPS) is 9.89. The molecule has 0 aromatic heterocycles. The first kappa shape index (κ1) is 14.2. The maximum atomic E-state index is 12.6. The summed E-state index contributed by atoms with van der Waals surface area (Å²) < 4.78 is 17.4. The third-order valence-corrected chi connectivity index (χ3v) is 2.23. The molecule has 18 heavy (non-hydrogen) atoms. The Kier molecular flexibility index (Phi) is 5.84. The smallest absolute Gasteiger partial charge is 0.307 e. The van der Waals surface area contributed by atoms with Crippen molar-refractivity contribution in [2.45, 2.75) is 19.8 Å². The molecule has 1 N–H and O–H groups in total. The molecule has 1 aromatic rings. The molecule has 0 fully saturated rings. The van der Waals surface area contributed by atoms with E-state index >= 15 is 0 Å². The van der Waals surface area contributed by atoms with Gasteiger partial charge in [0.25, 0.3) is 0 Å². The summed E-state index contributed by atoms with van der Waals surface area (Å²) in [6.45, 7) is 2.31. The van der Waals surface area contributed by atoms with Crippen molar-refractivity contribution in [2.75, 3.05) is 13.2 Å². The van der Waals surface area contributed by atoms with E-state index in [1.807, 2.05) is 0 Å². The van der Waals surface area contributed by atoms with Crippen LogP contribution in [0.2, 0.25) is 0 Å². The molecule has 98 valence electrons.